The molecule has 144 valence electrons. The monoisotopic (exact) mass is 343 g/mol. The van der Waals surface area contributed by atoms with Crippen LogP contribution in [0.15, 0.2) is 0 Å². The maximum absolute atomic E-state index is 9.62. The molecule has 5 heteroatoms. The van der Waals surface area contributed by atoms with Crippen molar-refractivity contribution in [2.24, 2.45) is 11.5 Å². The second-order valence-corrected chi connectivity index (χ2v) is 6.45. The Morgan fingerprint density at radius 2 is 0.750 bits per heavy atom. The zero-order valence-electron chi connectivity index (χ0n) is 16.1. The van der Waals surface area contributed by atoms with Gasteiger partial charge in [-0.3, -0.25) is 5.32 Å². The maximum Gasteiger partial charge on any atom is 0.320 e. The van der Waals surface area contributed by atoms with Gasteiger partial charge in [-0.2, -0.15) is 0 Å². The summed E-state index contributed by atoms with van der Waals surface area (Å²) in [5, 5.41) is 1.58. The number of imide groups is 1. The molecule has 0 saturated carbocycles. The number of amides is 4. The van der Waals surface area contributed by atoms with Gasteiger partial charge in [0.25, 0.3) is 0 Å². The molecule has 0 heterocycles. The van der Waals surface area contributed by atoms with Gasteiger partial charge in [-0.1, -0.05) is 110 Å². The fourth-order valence-corrected chi connectivity index (χ4v) is 2.57. The highest BCUT2D eigenvalue weighted by molar-refractivity contribution is 5.91. The molecule has 4 amide bonds. The van der Waals surface area contributed by atoms with Crippen LogP contribution in [0.5, 0.6) is 0 Å². The molecule has 0 aliphatic heterocycles. The van der Waals surface area contributed by atoms with Crippen LogP contribution in [0.25, 0.3) is 0 Å². The van der Waals surface area contributed by atoms with Gasteiger partial charge in [-0.15, -0.1) is 0 Å². The van der Waals surface area contributed by atoms with Crippen molar-refractivity contribution in [3.63, 3.8) is 0 Å². The molecule has 0 radical (unpaired) electrons. The predicted octanol–water partition coefficient (Wildman–Crippen LogP) is 5.61. The van der Waals surface area contributed by atoms with Gasteiger partial charge in [0.1, 0.15) is 0 Å². The molecule has 0 atom stereocenters. The SMILES string of the molecule is CCCCCCCCCCCCCCCCC.NC(=O)NC(N)=O. The topological polar surface area (TPSA) is 98.2 Å². The summed E-state index contributed by atoms with van der Waals surface area (Å²) in [6, 6.07) is -1.88. The number of urea groups is 2. The van der Waals surface area contributed by atoms with Crippen molar-refractivity contribution in [1.82, 2.24) is 5.32 Å². The number of rotatable bonds is 14. The Morgan fingerprint density at radius 1 is 0.542 bits per heavy atom. The number of unbranched alkanes of at least 4 members (excludes halogenated alkanes) is 14. The largest absolute Gasteiger partial charge is 0.351 e. The molecule has 0 aromatic heterocycles. The highest BCUT2D eigenvalue weighted by Crippen LogP contribution is 2.13. The van der Waals surface area contributed by atoms with E-state index in [-0.39, 0.29) is 0 Å². The number of carbonyl (C=O) groups excluding carboxylic acids is 2. The first-order valence-corrected chi connectivity index (χ1v) is 9.90. The van der Waals surface area contributed by atoms with Crippen LogP contribution in [0.3, 0.4) is 0 Å². The number of primary amides is 2. The smallest absolute Gasteiger partial charge is 0.320 e. The molecule has 0 aliphatic rings. The first-order valence-electron chi connectivity index (χ1n) is 9.90. The maximum atomic E-state index is 9.62. The van der Waals surface area contributed by atoms with Crippen molar-refractivity contribution < 1.29 is 9.59 Å². The van der Waals surface area contributed by atoms with Gasteiger partial charge in [0.05, 0.1) is 0 Å². The summed E-state index contributed by atoms with van der Waals surface area (Å²) >= 11 is 0. The van der Waals surface area contributed by atoms with Crippen LogP contribution in [-0.2, 0) is 0 Å². The average Bonchev–Trinajstić information content (AvgIpc) is 2.51. The molecule has 0 bridgehead atoms. The summed E-state index contributed by atoms with van der Waals surface area (Å²) in [6.07, 6.45) is 21.9. The lowest BCUT2D eigenvalue weighted by Gasteiger charge is -2.02. The highest BCUT2D eigenvalue weighted by Gasteiger charge is 1.93. The fourth-order valence-electron chi connectivity index (χ4n) is 2.57. The van der Waals surface area contributed by atoms with E-state index in [4.69, 9.17) is 0 Å². The van der Waals surface area contributed by atoms with Gasteiger partial charge in [0, 0.05) is 0 Å². The molecule has 5 N–H and O–H groups in total. The molecule has 0 aromatic carbocycles. The number of hydrogen-bond acceptors (Lipinski definition) is 2. The normalized spacial score (nSPS) is 9.92. The fraction of sp³-hybridized carbons (Fsp3) is 0.895. The Hall–Kier alpha value is -1.26. The number of carbonyl (C=O) groups is 2. The van der Waals surface area contributed by atoms with Crippen molar-refractivity contribution in [2.45, 2.75) is 110 Å². The molecule has 0 fully saturated rings. The van der Waals surface area contributed by atoms with E-state index < -0.39 is 12.1 Å². The summed E-state index contributed by atoms with van der Waals surface area (Å²) < 4.78 is 0. The third kappa shape index (κ3) is 28.8. The Morgan fingerprint density at radius 3 is 0.875 bits per heavy atom. The Balaban J connectivity index is 0. The van der Waals surface area contributed by atoms with E-state index in [0.29, 0.717) is 0 Å². The Bertz CT molecular complexity index is 258. The van der Waals surface area contributed by atoms with E-state index in [1.54, 1.807) is 5.32 Å². The third-order valence-corrected chi connectivity index (χ3v) is 3.95. The number of hydrogen-bond donors (Lipinski definition) is 3. The first kappa shape index (κ1) is 25.0. The van der Waals surface area contributed by atoms with Crippen LogP contribution in [0.1, 0.15) is 110 Å². The van der Waals surface area contributed by atoms with Crippen LogP contribution in [0.4, 0.5) is 9.59 Å². The van der Waals surface area contributed by atoms with Crippen molar-refractivity contribution in [1.29, 1.82) is 0 Å². The second kappa shape index (κ2) is 21.7. The molecule has 24 heavy (non-hydrogen) atoms. The van der Waals surface area contributed by atoms with Gasteiger partial charge in [-0.25, -0.2) is 9.59 Å². The molecule has 0 spiro atoms. The highest BCUT2D eigenvalue weighted by atomic mass is 16.2. The van der Waals surface area contributed by atoms with Crippen LogP contribution < -0.4 is 16.8 Å². The van der Waals surface area contributed by atoms with Crippen molar-refractivity contribution in [3.05, 3.63) is 0 Å². The second-order valence-electron chi connectivity index (χ2n) is 6.45. The Kier molecular flexibility index (Phi) is 22.6. The minimum Gasteiger partial charge on any atom is -0.351 e. The summed E-state index contributed by atoms with van der Waals surface area (Å²) in [6.45, 7) is 4.58. The molecule has 0 aliphatic carbocycles. The minimum atomic E-state index is -0.938. The van der Waals surface area contributed by atoms with Crippen molar-refractivity contribution in [2.75, 3.05) is 0 Å². The molecule has 0 aromatic rings. The summed E-state index contributed by atoms with van der Waals surface area (Å²) in [5.41, 5.74) is 8.88. The minimum absolute atomic E-state index is 0.937. The lowest BCUT2D eigenvalue weighted by Crippen LogP contribution is -2.38. The van der Waals surface area contributed by atoms with E-state index in [1.807, 2.05) is 0 Å². The first-order chi connectivity index (χ1) is 11.5. The van der Waals surface area contributed by atoms with Crippen LogP contribution in [0.2, 0.25) is 0 Å². The number of nitrogens with two attached hydrogens (primary N) is 2. The Labute approximate surface area is 149 Å². The molecule has 0 saturated heterocycles. The summed E-state index contributed by atoms with van der Waals surface area (Å²) in [7, 11) is 0. The van der Waals surface area contributed by atoms with Crippen molar-refractivity contribution in [3.8, 4) is 0 Å². The lowest BCUT2D eigenvalue weighted by atomic mass is 10.0. The third-order valence-electron chi connectivity index (χ3n) is 3.95. The van der Waals surface area contributed by atoms with Crippen molar-refractivity contribution >= 4 is 12.1 Å². The van der Waals surface area contributed by atoms with E-state index in [1.165, 1.54) is 96.3 Å². The summed E-state index contributed by atoms with van der Waals surface area (Å²) in [5.74, 6) is 0. The lowest BCUT2D eigenvalue weighted by molar-refractivity contribution is 0.236. The quantitative estimate of drug-likeness (QED) is 0.357. The molecular formula is C19H41N3O2. The average molecular weight is 344 g/mol. The van der Waals surface area contributed by atoms with Crippen LogP contribution in [0, 0.1) is 0 Å². The molecule has 5 nitrogen and oxygen atoms in total. The van der Waals surface area contributed by atoms with Crippen LogP contribution >= 0.6 is 0 Å². The van der Waals surface area contributed by atoms with E-state index in [0.717, 1.165) is 0 Å². The van der Waals surface area contributed by atoms with E-state index >= 15 is 0 Å². The molecular weight excluding hydrogens is 302 g/mol. The number of nitrogens with one attached hydrogen (secondary N) is 1. The van der Waals surface area contributed by atoms with E-state index in [9.17, 15) is 9.59 Å². The van der Waals surface area contributed by atoms with Gasteiger partial charge in [0.15, 0.2) is 0 Å². The van der Waals surface area contributed by atoms with E-state index in [2.05, 4.69) is 25.3 Å². The zero-order chi connectivity index (χ0) is 18.5. The predicted molar refractivity (Wildman–Crippen MR) is 103 cm³/mol. The zero-order valence-corrected chi connectivity index (χ0v) is 16.1. The standard InChI is InChI=1S/C17H36.C2H5N3O2/c1-3-5-7-9-11-13-15-17-16-14-12-10-8-6-4-2;3-1(6)5-2(4)7/h3-17H2,1-2H3;(H5,3,4,5,6,7). The van der Waals surface area contributed by atoms with Crippen LogP contribution in [-0.4, -0.2) is 12.1 Å². The van der Waals surface area contributed by atoms with Gasteiger partial charge in [-0.05, 0) is 0 Å². The van der Waals surface area contributed by atoms with Gasteiger partial charge < -0.3 is 11.5 Å². The summed E-state index contributed by atoms with van der Waals surface area (Å²) in [4.78, 5) is 19.2. The molecule has 0 unspecified atom stereocenters. The van der Waals surface area contributed by atoms with Gasteiger partial charge >= 0.3 is 12.1 Å². The van der Waals surface area contributed by atoms with Gasteiger partial charge in [0.2, 0.25) is 0 Å². The molecule has 0 rings (SSSR count).